The van der Waals surface area contributed by atoms with Crippen molar-refractivity contribution in [3.63, 3.8) is 0 Å². The minimum Gasteiger partial charge on any atom is -0.368 e. The summed E-state index contributed by atoms with van der Waals surface area (Å²) in [5, 5.41) is 3.77. The van der Waals surface area contributed by atoms with Gasteiger partial charge in [0.15, 0.2) is 6.29 Å². The topological polar surface area (TPSA) is 69.1 Å². The Balaban J connectivity index is 2.57. The number of carbonyl (C=O) groups excluding carboxylic acids is 1. The molecular weight excluding hydrogens is 192 g/mol. The maximum absolute atomic E-state index is 10.9. The van der Waals surface area contributed by atoms with Crippen LogP contribution in [0.3, 0.4) is 0 Å². The van der Waals surface area contributed by atoms with Crippen molar-refractivity contribution in [3.8, 4) is 11.3 Å². The lowest BCUT2D eigenvalue weighted by molar-refractivity contribution is 0.112. The molecule has 0 aliphatic rings. The van der Waals surface area contributed by atoms with Crippen LogP contribution in [-0.4, -0.2) is 11.4 Å². The van der Waals surface area contributed by atoms with Gasteiger partial charge in [-0.05, 0) is 13.0 Å². The van der Waals surface area contributed by atoms with Gasteiger partial charge in [-0.15, -0.1) is 0 Å². The Morgan fingerprint density at radius 3 is 2.80 bits per heavy atom. The second-order valence-corrected chi connectivity index (χ2v) is 3.32. The van der Waals surface area contributed by atoms with Crippen LogP contribution in [-0.2, 0) is 0 Å². The number of nitrogens with zero attached hydrogens (tertiary/aromatic N) is 1. The summed E-state index contributed by atoms with van der Waals surface area (Å²) in [6.07, 6.45) is 0.799. The average Bonchev–Trinajstić information content (AvgIpc) is 2.64. The fourth-order valence-electron chi connectivity index (χ4n) is 1.43. The standard InChI is InChI=1S/C11H10N2O2/c1-7-2-3-9(8(4-7)6-14)10-5-11(12)15-13-10/h2-6H,12H2,1H3. The zero-order valence-electron chi connectivity index (χ0n) is 8.23. The molecule has 1 aromatic heterocycles. The summed E-state index contributed by atoms with van der Waals surface area (Å²) in [4.78, 5) is 10.9. The van der Waals surface area contributed by atoms with Crippen LogP contribution in [0.2, 0.25) is 0 Å². The van der Waals surface area contributed by atoms with Crippen LogP contribution in [0.5, 0.6) is 0 Å². The molecule has 0 bridgehead atoms. The molecule has 4 nitrogen and oxygen atoms in total. The van der Waals surface area contributed by atoms with Gasteiger partial charge in [0, 0.05) is 17.2 Å². The Hall–Kier alpha value is -2.10. The van der Waals surface area contributed by atoms with E-state index in [-0.39, 0.29) is 5.88 Å². The van der Waals surface area contributed by atoms with Crippen molar-refractivity contribution >= 4 is 12.2 Å². The summed E-state index contributed by atoms with van der Waals surface area (Å²) >= 11 is 0. The Bertz CT molecular complexity index is 503. The molecule has 0 saturated heterocycles. The molecule has 0 unspecified atom stereocenters. The minimum atomic E-state index is 0.238. The molecule has 0 spiro atoms. The Labute approximate surface area is 86.7 Å². The third-order valence-electron chi connectivity index (χ3n) is 2.14. The van der Waals surface area contributed by atoms with E-state index in [1.165, 1.54) is 0 Å². The number of rotatable bonds is 2. The number of anilines is 1. The molecule has 76 valence electrons. The Morgan fingerprint density at radius 1 is 1.40 bits per heavy atom. The van der Waals surface area contributed by atoms with Crippen molar-refractivity contribution in [3.05, 3.63) is 35.4 Å². The lowest BCUT2D eigenvalue weighted by atomic mass is 10.0. The highest BCUT2D eigenvalue weighted by atomic mass is 16.5. The smallest absolute Gasteiger partial charge is 0.222 e. The summed E-state index contributed by atoms with van der Waals surface area (Å²) < 4.78 is 4.76. The van der Waals surface area contributed by atoms with Gasteiger partial charge in [-0.2, -0.15) is 0 Å². The fourth-order valence-corrected chi connectivity index (χ4v) is 1.43. The van der Waals surface area contributed by atoms with E-state index in [0.29, 0.717) is 11.3 Å². The van der Waals surface area contributed by atoms with Gasteiger partial charge in [0.05, 0.1) is 0 Å². The number of carbonyl (C=O) groups is 1. The highest BCUT2D eigenvalue weighted by molar-refractivity contribution is 5.87. The second kappa shape index (κ2) is 3.57. The van der Waals surface area contributed by atoms with Crippen molar-refractivity contribution in [2.24, 2.45) is 0 Å². The molecule has 15 heavy (non-hydrogen) atoms. The number of aromatic nitrogens is 1. The van der Waals surface area contributed by atoms with Crippen LogP contribution >= 0.6 is 0 Å². The van der Waals surface area contributed by atoms with Crippen molar-refractivity contribution in [2.75, 3.05) is 5.73 Å². The van der Waals surface area contributed by atoms with Crippen LogP contribution in [0.15, 0.2) is 28.8 Å². The van der Waals surface area contributed by atoms with E-state index >= 15 is 0 Å². The third kappa shape index (κ3) is 1.74. The molecule has 1 aromatic carbocycles. The number of nitrogen functional groups attached to an aromatic ring is 1. The molecule has 0 saturated carbocycles. The van der Waals surface area contributed by atoms with Crippen molar-refractivity contribution in [1.29, 1.82) is 0 Å². The van der Waals surface area contributed by atoms with Crippen molar-refractivity contribution < 1.29 is 9.32 Å². The van der Waals surface area contributed by atoms with Gasteiger partial charge in [0.2, 0.25) is 5.88 Å². The van der Waals surface area contributed by atoms with E-state index in [1.54, 1.807) is 12.1 Å². The molecule has 0 aliphatic heterocycles. The zero-order valence-corrected chi connectivity index (χ0v) is 8.23. The largest absolute Gasteiger partial charge is 0.368 e. The quantitative estimate of drug-likeness (QED) is 0.756. The maximum atomic E-state index is 10.9. The highest BCUT2D eigenvalue weighted by Gasteiger charge is 2.08. The number of nitrogens with two attached hydrogens (primary N) is 1. The first-order valence-corrected chi connectivity index (χ1v) is 4.49. The minimum absolute atomic E-state index is 0.238. The predicted octanol–water partition coefficient (Wildman–Crippen LogP) is 2.04. The fraction of sp³-hybridized carbons (Fsp3) is 0.0909. The highest BCUT2D eigenvalue weighted by Crippen LogP contribution is 2.23. The second-order valence-electron chi connectivity index (χ2n) is 3.32. The SMILES string of the molecule is Cc1ccc(-c2cc(N)on2)c(C=O)c1. The van der Waals surface area contributed by atoms with Crippen molar-refractivity contribution in [1.82, 2.24) is 5.16 Å². The van der Waals surface area contributed by atoms with Gasteiger partial charge in [0.1, 0.15) is 5.69 Å². The molecule has 2 aromatic rings. The van der Waals surface area contributed by atoms with Gasteiger partial charge in [-0.25, -0.2) is 0 Å². The van der Waals surface area contributed by atoms with Crippen molar-refractivity contribution in [2.45, 2.75) is 6.92 Å². The number of hydrogen-bond acceptors (Lipinski definition) is 4. The third-order valence-corrected chi connectivity index (χ3v) is 2.14. The predicted molar refractivity (Wildman–Crippen MR) is 56.5 cm³/mol. The van der Waals surface area contributed by atoms with Gasteiger partial charge in [-0.1, -0.05) is 22.9 Å². The molecule has 0 amide bonds. The summed E-state index contributed by atoms with van der Waals surface area (Å²) in [5.74, 6) is 0.238. The van der Waals surface area contributed by atoms with E-state index in [1.807, 2.05) is 19.1 Å². The summed E-state index contributed by atoms with van der Waals surface area (Å²) in [5.41, 5.74) is 8.34. The molecule has 2 rings (SSSR count). The van der Waals surface area contributed by atoms with Crippen LogP contribution in [0.1, 0.15) is 15.9 Å². The first-order chi connectivity index (χ1) is 7.20. The summed E-state index contributed by atoms with van der Waals surface area (Å²) in [6, 6.07) is 7.13. The average molecular weight is 202 g/mol. The normalized spacial score (nSPS) is 10.2. The first-order valence-electron chi connectivity index (χ1n) is 4.49. The van der Waals surface area contributed by atoms with Gasteiger partial charge >= 0.3 is 0 Å². The van der Waals surface area contributed by atoms with E-state index < -0.39 is 0 Å². The van der Waals surface area contributed by atoms with E-state index in [0.717, 1.165) is 17.4 Å². The van der Waals surface area contributed by atoms with Gasteiger partial charge in [-0.3, -0.25) is 4.79 Å². The monoisotopic (exact) mass is 202 g/mol. The van der Waals surface area contributed by atoms with Gasteiger partial charge < -0.3 is 10.3 Å². The molecule has 0 aliphatic carbocycles. The lowest BCUT2D eigenvalue weighted by Crippen LogP contribution is -1.88. The lowest BCUT2D eigenvalue weighted by Gasteiger charge is -2.01. The molecule has 1 heterocycles. The molecule has 2 N–H and O–H groups in total. The van der Waals surface area contributed by atoms with E-state index in [9.17, 15) is 4.79 Å². The number of hydrogen-bond donors (Lipinski definition) is 1. The molecule has 0 fully saturated rings. The van der Waals surface area contributed by atoms with Gasteiger partial charge in [0.25, 0.3) is 0 Å². The van der Waals surface area contributed by atoms with Crippen LogP contribution in [0.4, 0.5) is 5.88 Å². The van der Waals surface area contributed by atoms with E-state index in [2.05, 4.69) is 5.16 Å². The Morgan fingerprint density at radius 2 is 2.20 bits per heavy atom. The number of aldehydes is 1. The summed E-state index contributed by atoms with van der Waals surface area (Å²) in [6.45, 7) is 1.92. The van der Waals surface area contributed by atoms with E-state index in [4.69, 9.17) is 10.3 Å². The maximum Gasteiger partial charge on any atom is 0.222 e. The number of benzene rings is 1. The molecule has 4 heteroatoms. The molecular formula is C11H10N2O2. The van der Waals surface area contributed by atoms with Crippen LogP contribution < -0.4 is 5.73 Å². The van der Waals surface area contributed by atoms with Crippen LogP contribution in [0, 0.1) is 6.92 Å². The number of aryl methyl sites for hydroxylation is 1. The van der Waals surface area contributed by atoms with Crippen LogP contribution in [0.25, 0.3) is 11.3 Å². The molecule has 0 radical (unpaired) electrons. The first kappa shape index (κ1) is 9.45. The molecule has 0 atom stereocenters. The zero-order chi connectivity index (χ0) is 10.8. The summed E-state index contributed by atoms with van der Waals surface area (Å²) in [7, 11) is 0. The Kier molecular flexibility index (Phi) is 2.25.